The summed E-state index contributed by atoms with van der Waals surface area (Å²) in [5.74, 6) is 0.416. The lowest BCUT2D eigenvalue weighted by molar-refractivity contribution is 0.187. The Morgan fingerprint density at radius 3 is 1.71 bits per heavy atom. The first-order valence-corrected chi connectivity index (χ1v) is 6.02. The maximum atomic E-state index is 11.1. The van der Waals surface area contributed by atoms with Crippen LogP contribution in [0.3, 0.4) is 0 Å². The van der Waals surface area contributed by atoms with Crippen LogP contribution in [0.5, 0.6) is 0 Å². The van der Waals surface area contributed by atoms with E-state index in [2.05, 4.69) is 0 Å². The fourth-order valence-corrected chi connectivity index (χ4v) is 1.52. The zero-order chi connectivity index (χ0) is 11.0. The van der Waals surface area contributed by atoms with E-state index >= 15 is 0 Å². The van der Waals surface area contributed by atoms with Crippen LogP contribution in [0.2, 0.25) is 0 Å². The molecule has 6 heteroatoms. The van der Waals surface area contributed by atoms with Gasteiger partial charge in [0, 0.05) is 0 Å². The maximum absolute atomic E-state index is 11.1. The van der Waals surface area contributed by atoms with E-state index in [4.69, 9.17) is 20.5 Å². The van der Waals surface area contributed by atoms with E-state index < -0.39 is 8.25 Å². The van der Waals surface area contributed by atoms with Crippen molar-refractivity contribution in [3.63, 3.8) is 0 Å². The molecule has 0 aromatic rings. The molecule has 0 bridgehead atoms. The molecule has 0 saturated heterocycles. The molecule has 0 spiro atoms. The molecule has 5 nitrogen and oxygen atoms in total. The summed E-state index contributed by atoms with van der Waals surface area (Å²) >= 11 is 0. The van der Waals surface area contributed by atoms with Crippen molar-refractivity contribution in [3.8, 4) is 0 Å². The van der Waals surface area contributed by atoms with Crippen LogP contribution >= 0.6 is 8.25 Å². The number of nitrogens with two attached hydrogens (primary N) is 2. The average Bonchev–Trinajstić information content (AvgIpc) is 2.22. The first kappa shape index (κ1) is 14.1. The lowest BCUT2D eigenvalue weighted by Gasteiger charge is -2.11. The van der Waals surface area contributed by atoms with Crippen LogP contribution in [0.4, 0.5) is 0 Å². The molecule has 14 heavy (non-hydrogen) atoms. The second-order valence-corrected chi connectivity index (χ2v) is 4.63. The Labute approximate surface area is 86.1 Å². The first-order valence-electron chi connectivity index (χ1n) is 4.79. The quantitative estimate of drug-likeness (QED) is 0.589. The van der Waals surface area contributed by atoms with Crippen molar-refractivity contribution < 1.29 is 13.6 Å². The summed E-state index contributed by atoms with van der Waals surface area (Å²) < 4.78 is 21.1. The third kappa shape index (κ3) is 7.47. The van der Waals surface area contributed by atoms with Crippen molar-refractivity contribution in [1.82, 2.24) is 0 Å². The summed E-state index contributed by atoms with van der Waals surface area (Å²) in [5, 5.41) is 0. The summed E-state index contributed by atoms with van der Waals surface area (Å²) in [7, 11) is -2.36. The van der Waals surface area contributed by atoms with Crippen LogP contribution in [0, 0.1) is 11.8 Å². The molecule has 0 aromatic carbocycles. The Kier molecular flexibility index (Phi) is 8.43. The Bertz CT molecular complexity index is 153. The minimum atomic E-state index is -2.36. The molecule has 2 unspecified atom stereocenters. The van der Waals surface area contributed by atoms with E-state index in [9.17, 15) is 4.57 Å². The molecule has 0 amide bonds. The SMILES string of the molecule is CC(CN)CO[PH](=O)OCC(C)CN. The van der Waals surface area contributed by atoms with Gasteiger partial charge in [0.1, 0.15) is 0 Å². The number of hydrogen-bond donors (Lipinski definition) is 2. The molecule has 0 rings (SSSR count). The highest BCUT2D eigenvalue weighted by molar-refractivity contribution is 7.33. The van der Waals surface area contributed by atoms with Crippen molar-refractivity contribution in [2.24, 2.45) is 23.3 Å². The highest BCUT2D eigenvalue weighted by Gasteiger charge is 2.06. The first-order chi connectivity index (χ1) is 6.60. The van der Waals surface area contributed by atoms with E-state index in [-0.39, 0.29) is 11.8 Å². The minimum absolute atomic E-state index is 0.208. The molecule has 4 N–H and O–H groups in total. The van der Waals surface area contributed by atoms with Crippen LogP contribution < -0.4 is 11.5 Å². The fourth-order valence-electron chi connectivity index (χ4n) is 0.598. The minimum Gasteiger partial charge on any atom is -0.330 e. The fraction of sp³-hybridized carbons (Fsp3) is 1.00. The molecular formula is C8H21N2O3P. The molecule has 0 saturated carbocycles. The second-order valence-electron chi connectivity index (χ2n) is 3.55. The molecule has 0 aliphatic carbocycles. The van der Waals surface area contributed by atoms with Crippen molar-refractivity contribution in [2.75, 3.05) is 26.3 Å². The number of hydrogen-bond acceptors (Lipinski definition) is 5. The van der Waals surface area contributed by atoms with Gasteiger partial charge >= 0.3 is 8.25 Å². The van der Waals surface area contributed by atoms with Gasteiger partial charge in [-0.2, -0.15) is 0 Å². The van der Waals surface area contributed by atoms with Gasteiger partial charge < -0.3 is 20.5 Å². The molecule has 0 aliphatic rings. The Hall–Kier alpha value is 0.0700. The van der Waals surface area contributed by atoms with Crippen LogP contribution in [-0.4, -0.2) is 26.3 Å². The molecule has 0 aromatic heterocycles. The average molecular weight is 224 g/mol. The molecule has 2 atom stereocenters. The van der Waals surface area contributed by atoms with Crippen molar-refractivity contribution in [1.29, 1.82) is 0 Å². The standard InChI is InChI=1S/C8H21N2O3P/c1-7(3-9)5-12-14(11)13-6-8(2)4-10/h7-8,14H,3-6,9-10H2,1-2H3. The van der Waals surface area contributed by atoms with Gasteiger partial charge in [0.2, 0.25) is 0 Å². The van der Waals surface area contributed by atoms with Gasteiger partial charge in [-0.15, -0.1) is 0 Å². The number of rotatable bonds is 8. The zero-order valence-electron chi connectivity index (χ0n) is 8.86. The summed E-state index contributed by atoms with van der Waals surface area (Å²) in [6, 6.07) is 0. The van der Waals surface area contributed by atoms with Gasteiger partial charge in [-0.25, -0.2) is 0 Å². The van der Waals surface area contributed by atoms with E-state index in [1.54, 1.807) is 0 Å². The van der Waals surface area contributed by atoms with Gasteiger partial charge in [-0.3, -0.25) is 4.57 Å². The molecule has 0 fully saturated rings. The largest absolute Gasteiger partial charge is 0.330 e. The van der Waals surface area contributed by atoms with Gasteiger partial charge in [-0.05, 0) is 24.9 Å². The normalized spacial score (nSPS) is 17.7. The van der Waals surface area contributed by atoms with Crippen LogP contribution in [-0.2, 0) is 13.6 Å². The van der Waals surface area contributed by atoms with Crippen LogP contribution in [0.15, 0.2) is 0 Å². The van der Waals surface area contributed by atoms with E-state index in [1.807, 2.05) is 13.8 Å². The van der Waals surface area contributed by atoms with E-state index in [0.29, 0.717) is 26.3 Å². The molecule has 0 radical (unpaired) electrons. The third-order valence-electron chi connectivity index (χ3n) is 1.78. The van der Waals surface area contributed by atoms with Gasteiger partial charge in [0.25, 0.3) is 0 Å². The summed E-state index contributed by atoms with van der Waals surface area (Å²) in [6.07, 6.45) is 0. The highest BCUT2D eigenvalue weighted by Crippen LogP contribution is 2.25. The van der Waals surface area contributed by atoms with Crippen molar-refractivity contribution >= 4 is 8.25 Å². The van der Waals surface area contributed by atoms with Crippen LogP contribution in [0.25, 0.3) is 0 Å². The summed E-state index contributed by atoms with van der Waals surface area (Å²) in [4.78, 5) is 0. The predicted octanol–water partition coefficient (Wildman–Crippen LogP) is 0.599. The van der Waals surface area contributed by atoms with Crippen LogP contribution in [0.1, 0.15) is 13.8 Å². The van der Waals surface area contributed by atoms with Gasteiger partial charge in [-0.1, -0.05) is 13.8 Å². The van der Waals surface area contributed by atoms with E-state index in [0.717, 1.165) is 0 Å². The Morgan fingerprint density at radius 1 is 1.07 bits per heavy atom. The maximum Gasteiger partial charge on any atom is 0.319 e. The molecule has 86 valence electrons. The van der Waals surface area contributed by atoms with Gasteiger partial charge in [0.05, 0.1) is 13.2 Å². The van der Waals surface area contributed by atoms with Crippen molar-refractivity contribution in [2.45, 2.75) is 13.8 Å². The topological polar surface area (TPSA) is 87.6 Å². The Morgan fingerprint density at radius 2 is 1.43 bits per heavy atom. The monoisotopic (exact) mass is 224 g/mol. The van der Waals surface area contributed by atoms with Crippen molar-refractivity contribution in [3.05, 3.63) is 0 Å². The third-order valence-corrected chi connectivity index (χ3v) is 2.58. The Balaban J connectivity index is 3.46. The molecular weight excluding hydrogens is 203 g/mol. The predicted molar refractivity (Wildman–Crippen MR) is 57.3 cm³/mol. The molecule has 0 heterocycles. The van der Waals surface area contributed by atoms with Gasteiger partial charge in [0.15, 0.2) is 0 Å². The summed E-state index contributed by atoms with van der Waals surface area (Å²) in [6.45, 7) is 5.66. The smallest absolute Gasteiger partial charge is 0.319 e. The second kappa shape index (κ2) is 8.38. The highest BCUT2D eigenvalue weighted by atomic mass is 31.1. The van der Waals surface area contributed by atoms with E-state index in [1.165, 1.54) is 0 Å². The summed E-state index contributed by atoms with van der Waals surface area (Å²) in [5.41, 5.74) is 10.7. The molecule has 0 aliphatic heterocycles. The lowest BCUT2D eigenvalue weighted by Crippen LogP contribution is -2.16. The zero-order valence-corrected chi connectivity index (χ0v) is 9.86. The lowest BCUT2D eigenvalue weighted by atomic mass is 10.2.